The first kappa shape index (κ1) is 18.2. The molecule has 144 valence electrons. The van der Waals surface area contributed by atoms with Crippen LogP contribution in [0.2, 0.25) is 5.02 Å². The topological polar surface area (TPSA) is 7.12 Å². The number of hydrogen-bond acceptors (Lipinski definition) is 1. The normalized spacial score (nSPS) is 13.9. The molecule has 29 heavy (non-hydrogen) atoms. The molecule has 3 heteroatoms. The fraction of sp³-hybridized carbons (Fsp3) is 0.192. The van der Waals surface area contributed by atoms with E-state index in [-0.39, 0.29) is 0 Å². The van der Waals surface area contributed by atoms with Gasteiger partial charge < -0.3 is 4.90 Å². The SMILES string of the molecule is Clc1ccc2c(N3CCCC3)cc[n+](Cc3ccc(-c4ccccc4)cc3)c2c1. The third-order valence-electron chi connectivity index (χ3n) is 5.82. The molecule has 1 aliphatic rings. The number of nitrogens with zero attached hydrogens (tertiary/aromatic N) is 2. The highest BCUT2D eigenvalue weighted by molar-refractivity contribution is 6.31. The van der Waals surface area contributed by atoms with Gasteiger partial charge in [0.15, 0.2) is 12.7 Å². The third kappa shape index (κ3) is 3.73. The van der Waals surface area contributed by atoms with Crippen molar-refractivity contribution in [3.63, 3.8) is 0 Å². The summed E-state index contributed by atoms with van der Waals surface area (Å²) in [5.41, 5.74) is 6.29. The first-order valence-corrected chi connectivity index (χ1v) is 10.7. The van der Waals surface area contributed by atoms with Crippen LogP contribution in [0.15, 0.2) is 85.1 Å². The summed E-state index contributed by atoms with van der Waals surface area (Å²) in [5, 5.41) is 2.06. The Balaban J connectivity index is 1.49. The minimum absolute atomic E-state index is 0.782. The number of hydrogen-bond donors (Lipinski definition) is 0. The van der Waals surface area contributed by atoms with Crippen molar-refractivity contribution in [2.75, 3.05) is 18.0 Å². The van der Waals surface area contributed by atoms with Gasteiger partial charge in [0.2, 0.25) is 5.52 Å². The lowest BCUT2D eigenvalue weighted by Gasteiger charge is -2.19. The molecule has 0 saturated carbocycles. The first-order valence-electron chi connectivity index (χ1n) is 10.3. The van der Waals surface area contributed by atoms with Crippen molar-refractivity contribution in [2.45, 2.75) is 19.4 Å². The molecule has 1 aliphatic heterocycles. The van der Waals surface area contributed by atoms with E-state index < -0.39 is 0 Å². The van der Waals surface area contributed by atoms with Gasteiger partial charge in [0.25, 0.3) is 0 Å². The summed E-state index contributed by atoms with van der Waals surface area (Å²) < 4.78 is 2.30. The summed E-state index contributed by atoms with van der Waals surface area (Å²) in [6.07, 6.45) is 4.76. The lowest BCUT2D eigenvalue weighted by molar-refractivity contribution is -0.662. The molecule has 1 fully saturated rings. The quantitative estimate of drug-likeness (QED) is 0.376. The van der Waals surface area contributed by atoms with Gasteiger partial charge in [-0.1, -0.05) is 66.2 Å². The number of pyridine rings is 1. The van der Waals surface area contributed by atoms with Gasteiger partial charge in [-0.15, -0.1) is 0 Å². The first-order chi connectivity index (χ1) is 14.3. The van der Waals surface area contributed by atoms with E-state index in [0.717, 1.165) is 24.7 Å². The molecule has 0 N–H and O–H groups in total. The molecule has 0 aliphatic carbocycles. The molecule has 3 aromatic carbocycles. The average Bonchev–Trinajstić information content (AvgIpc) is 3.30. The lowest BCUT2D eigenvalue weighted by atomic mass is 10.0. The number of fused-ring (bicyclic) bond motifs is 1. The van der Waals surface area contributed by atoms with E-state index in [1.54, 1.807) is 0 Å². The van der Waals surface area contributed by atoms with Crippen molar-refractivity contribution in [2.24, 2.45) is 0 Å². The second-order valence-corrected chi connectivity index (χ2v) is 8.18. The standard InChI is InChI=1S/C26H24ClN2/c27-23-12-13-24-25(28-15-4-5-16-28)14-17-29(26(24)18-23)19-20-8-10-22(11-9-20)21-6-2-1-3-7-21/h1-3,6-14,17-18H,4-5,15-16,19H2/q+1. The van der Waals surface area contributed by atoms with E-state index in [1.807, 2.05) is 6.07 Å². The third-order valence-corrected chi connectivity index (χ3v) is 6.05. The van der Waals surface area contributed by atoms with Gasteiger partial charge in [-0.3, -0.25) is 0 Å². The van der Waals surface area contributed by atoms with E-state index in [1.165, 1.54) is 46.1 Å². The number of halogens is 1. The van der Waals surface area contributed by atoms with E-state index in [2.05, 4.69) is 88.5 Å². The van der Waals surface area contributed by atoms with Crippen molar-refractivity contribution in [1.29, 1.82) is 0 Å². The maximum atomic E-state index is 6.37. The van der Waals surface area contributed by atoms with Crippen molar-refractivity contribution in [3.8, 4) is 11.1 Å². The van der Waals surface area contributed by atoms with Crippen LogP contribution in [0.3, 0.4) is 0 Å². The van der Waals surface area contributed by atoms with Crippen LogP contribution >= 0.6 is 11.6 Å². The maximum absolute atomic E-state index is 6.37. The molecule has 2 heterocycles. The van der Waals surface area contributed by atoms with Gasteiger partial charge in [0, 0.05) is 35.8 Å². The van der Waals surface area contributed by atoms with Gasteiger partial charge >= 0.3 is 0 Å². The zero-order valence-corrected chi connectivity index (χ0v) is 17.1. The summed E-state index contributed by atoms with van der Waals surface area (Å²) in [6, 6.07) is 27.9. The predicted molar refractivity (Wildman–Crippen MR) is 122 cm³/mol. The van der Waals surface area contributed by atoms with Gasteiger partial charge in [-0.25, -0.2) is 0 Å². The number of benzene rings is 3. The Labute approximate surface area is 177 Å². The number of rotatable bonds is 4. The molecule has 0 spiro atoms. The highest BCUT2D eigenvalue weighted by Crippen LogP contribution is 2.29. The Kier molecular flexibility index (Phi) is 4.95. The molecule has 4 aromatic rings. The Morgan fingerprint density at radius 3 is 2.28 bits per heavy atom. The number of aromatic nitrogens is 1. The van der Waals surface area contributed by atoms with Crippen LogP contribution in [0.25, 0.3) is 22.0 Å². The Hall–Kier alpha value is -2.84. The molecular weight excluding hydrogens is 376 g/mol. The molecule has 1 aromatic heterocycles. The van der Waals surface area contributed by atoms with Crippen LogP contribution in [0, 0.1) is 0 Å². The molecule has 0 unspecified atom stereocenters. The number of anilines is 1. The smallest absolute Gasteiger partial charge is 0.216 e. The lowest BCUT2D eigenvalue weighted by Crippen LogP contribution is -2.35. The van der Waals surface area contributed by atoms with Crippen molar-refractivity contribution in [1.82, 2.24) is 0 Å². The Bertz CT molecular complexity index is 1130. The van der Waals surface area contributed by atoms with Crippen molar-refractivity contribution < 1.29 is 4.57 Å². The molecule has 1 saturated heterocycles. The van der Waals surface area contributed by atoms with E-state index >= 15 is 0 Å². The summed E-state index contributed by atoms with van der Waals surface area (Å²) in [6.45, 7) is 3.11. The fourth-order valence-electron chi connectivity index (χ4n) is 4.29. The molecule has 0 bridgehead atoms. The molecule has 0 amide bonds. The minimum atomic E-state index is 0.782. The van der Waals surface area contributed by atoms with Crippen molar-refractivity contribution in [3.05, 3.63) is 95.6 Å². The highest BCUT2D eigenvalue weighted by atomic mass is 35.5. The summed E-state index contributed by atoms with van der Waals surface area (Å²) in [7, 11) is 0. The summed E-state index contributed by atoms with van der Waals surface area (Å²) in [5.74, 6) is 0. The molecular formula is C26H24ClN2+. The molecule has 0 atom stereocenters. The van der Waals surface area contributed by atoms with Crippen LogP contribution < -0.4 is 9.47 Å². The monoisotopic (exact) mass is 399 g/mol. The average molecular weight is 400 g/mol. The van der Waals surface area contributed by atoms with Crippen LogP contribution in [-0.2, 0) is 6.54 Å². The van der Waals surface area contributed by atoms with Gasteiger partial charge in [-0.05, 0) is 36.1 Å². The maximum Gasteiger partial charge on any atom is 0.216 e. The largest absolute Gasteiger partial charge is 0.371 e. The van der Waals surface area contributed by atoms with Gasteiger partial charge in [-0.2, -0.15) is 4.57 Å². The molecule has 5 rings (SSSR count). The van der Waals surface area contributed by atoms with E-state index in [9.17, 15) is 0 Å². The summed E-state index contributed by atoms with van der Waals surface area (Å²) >= 11 is 6.37. The van der Waals surface area contributed by atoms with E-state index in [0.29, 0.717) is 0 Å². The van der Waals surface area contributed by atoms with Crippen LogP contribution in [-0.4, -0.2) is 13.1 Å². The van der Waals surface area contributed by atoms with Crippen LogP contribution in [0.5, 0.6) is 0 Å². The minimum Gasteiger partial charge on any atom is -0.371 e. The zero-order valence-electron chi connectivity index (χ0n) is 16.4. The van der Waals surface area contributed by atoms with Gasteiger partial charge in [0.05, 0.1) is 11.1 Å². The molecule has 0 radical (unpaired) electrons. The van der Waals surface area contributed by atoms with Crippen molar-refractivity contribution >= 4 is 28.2 Å². The zero-order chi connectivity index (χ0) is 19.6. The van der Waals surface area contributed by atoms with Gasteiger partial charge in [0.1, 0.15) is 0 Å². The second kappa shape index (κ2) is 7.88. The fourth-order valence-corrected chi connectivity index (χ4v) is 4.46. The van der Waals surface area contributed by atoms with Crippen LogP contribution in [0.4, 0.5) is 5.69 Å². The highest BCUT2D eigenvalue weighted by Gasteiger charge is 2.20. The van der Waals surface area contributed by atoms with E-state index in [4.69, 9.17) is 11.6 Å². The van der Waals surface area contributed by atoms with Crippen LogP contribution in [0.1, 0.15) is 18.4 Å². The Morgan fingerprint density at radius 1 is 0.793 bits per heavy atom. The predicted octanol–water partition coefficient (Wildman–Crippen LogP) is 6.10. The second-order valence-electron chi connectivity index (χ2n) is 7.75. The molecule has 2 nitrogen and oxygen atoms in total. The summed E-state index contributed by atoms with van der Waals surface area (Å²) in [4.78, 5) is 2.50. The Morgan fingerprint density at radius 2 is 1.52 bits per heavy atom.